The molecule has 8 heteroatoms. The number of ether oxygens (including phenoxy) is 3. The fraction of sp³-hybridized carbons (Fsp3) is 0.312. The predicted octanol–water partition coefficient (Wildman–Crippen LogP) is 1.81. The van der Waals surface area contributed by atoms with E-state index in [-0.39, 0.29) is 4.90 Å². The Morgan fingerprint density at radius 3 is 2.17 bits per heavy atom. The molecule has 0 unspecified atom stereocenters. The molecule has 0 saturated carbocycles. The molecule has 128 valence electrons. The second-order valence-electron chi connectivity index (χ2n) is 5.28. The second-order valence-corrected chi connectivity index (χ2v) is 7.22. The normalized spacial score (nSPS) is 14.3. The van der Waals surface area contributed by atoms with Crippen LogP contribution in [0.3, 0.4) is 0 Å². The lowest BCUT2D eigenvalue weighted by Gasteiger charge is -2.18. The van der Waals surface area contributed by atoms with Gasteiger partial charge in [-0.05, 0) is 17.2 Å². The summed E-state index contributed by atoms with van der Waals surface area (Å²) < 4.78 is 43.1. The molecule has 0 bridgehead atoms. The Labute approximate surface area is 140 Å². The highest BCUT2D eigenvalue weighted by atomic mass is 32.2. The molecule has 24 heavy (non-hydrogen) atoms. The number of rotatable bonds is 5. The third kappa shape index (κ3) is 2.67. The molecule has 0 aliphatic carbocycles. The van der Waals surface area contributed by atoms with Crippen LogP contribution in [0.2, 0.25) is 0 Å². The molecule has 1 aromatic heterocycles. The number of hydrogen-bond acceptors (Lipinski definition) is 6. The topological polar surface area (TPSA) is 78.0 Å². The van der Waals surface area contributed by atoms with Gasteiger partial charge in [-0.15, -0.1) is 0 Å². The molecule has 1 aliphatic heterocycles. The number of pyridine rings is 1. The Kier molecular flexibility index (Phi) is 4.33. The summed E-state index contributed by atoms with van der Waals surface area (Å²) in [5.41, 5.74) is 1.87. The number of benzene rings is 1. The van der Waals surface area contributed by atoms with Crippen molar-refractivity contribution in [2.45, 2.75) is 18.0 Å². The number of fused-ring (bicyclic) bond motifs is 1. The van der Waals surface area contributed by atoms with Crippen LogP contribution in [0.1, 0.15) is 11.1 Å². The molecule has 2 heterocycles. The third-order valence-corrected chi connectivity index (χ3v) is 5.74. The van der Waals surface area contributed by atoms with Crippen LogP contribution in [-0.2, 0) is 23.1 Å². The molecule has 0 saturated heterocycles. The van der Waals surface area contributed by atoms with E-state index >= 15 is 0 Å². The van der Waals surface area contributed by atoms with Crippen molar-refractivity contribution in [3.8, 4) is 17.2 Å². The minimum Gasteiger partial charge on any atom is -0.493 e. The van der Waals surface area contributed by atoms with Crippen LogP contribution in [0.4, 0.5) is 0 Å². The van der Waals surface area contributed by atoms with Crippen molar-refractivity contribution in [2.24, 2.45) is 0 Å². The molecule has 0 fully saturated rings. The van der Waals surface area contributed by atoms with Gasteiger partial charge < -0.3 is 14.2 Å². The van der Waals surface area contributed by atoms with Crippen molar-refractivity contribution in [3.05, 3.63) is 41.7 Å². The molecule has 0 N–H and O–H groups in total. The average molecular weight is 350 g/mol. The highest BCUT2D eigenvalue weighted by Crippen LogP contribution is 2.40. The van der Waals surface area contributed by atoms with Crippen LogP contribution in [0.15, 0.2) is 35.5 Å². The van der Waals surface area contributed by atoms with Gasteiger partial charge in [-0.25, -0.2) is 8.42 Å². The van der Waals surface area contributed by atoms with E-state index in [0.717, 1.165) is 11.1 Å². The summed E-state index contributed by atoms with van der Waals surface area (Å²) in [4.78, 5) is 4.14. The van der Waals surface area contributed by atoms with Crippen LogP contribution in [0.5, 0.6) is 17.2 Å². The monoisotopic (exact) mass is 350 g/mol. The molecular formula is C16H18N2O5S. The minimum atomic E-state index is -3.71. The zero-order valence-electron chi connectivity index (χ0n) is 13.6. The lowest BCUT2D eigenvalue weighted by atomic mass is 10.2. The maximum atomic E-state index is 13.0. The highest BCUT2D eigenvalue weighted by molar-refractivity contribution is 7.89. The van der Waals surface area contributed by atoms with Gasteiger partial charge in [0.15, 0.2) is 11.5 Å². The van der Waals surface area contributed by atoms with Gasteiger partial charge in [-0.3, -0.25) is 4.98 Å². The molecule has 0 amide bonds. The van der Waals surface area contributed by atoms with Crippen molar-refractivity contribution in [2.75, 3.05) is 21.3 Å². The maximum Gasteiger partial charge on any atom is 0.243 e. The van der Waals surface area contributed by atoms with Gasteiger partial charge in [-0.2, -0.15) is 4.31 Å². The average Bonchev–Trinajstić information content (AvgIpc) is 3.05. The largest absolute Gasteiger partial charge is 0.493 e. The summed E-state index contributed by atoms with van der Waals surface area (Å²) >= 11 is 0. The van der Waals surface area contributed by atoms with E-state index in [1.54, 1.807) is 12.4 Å². The molecule has 1 aliphatic rings. The van der Waals surface area contributed by atoms with E-state index in [1.807, 2.05) is 6.07 Å². The molecule has 1 aromatic carbocycles. The SMILES string of the molecule is COc1cc(S(=O)(=O)N2Cc3ccncc3C2)cc(OC)c1OC. The first-order chi connectivity index (χ1) is 11.5. The third-order valence-electron chi connectivity index (χ3n) is 3.97. The molecule has 0 atom stereocenters. The fourth-order valence-corrected chi connectivity index (χ4v) is 4.14. The number of sulfonamides is 1. The minimum absolute atomic E-state index is 0.0952. The van der Waals surface area contributed by atoms with Crippen LogP contribution >= 0.6 is 0 Å². The van der Waals surface area contributed by atoms with Gasteiger partial charge in [0.1, 0.15) is 0 Å². The summed E-state index contributed by atoms with van der Waals surface area (Å²) in [5.74, 6) is 0.954. The first-order valence-corrected chi connectivity index (χ1v) is 8.67. The summed E-state index contributed by atoms with van der Waals surface area (Å²) in [6.07, 6.45) is 3.36. The number of aromatic nitrogens is 1. The van der Waals surface area contributed by atoms with Gasteiger partial charge >= 0.3 is 0 Å². The van der Waals surface area contributed by atoms with E-state index in [4.69, 9.17) is 14.2 Å². The molecular weight excluding hydrogens is 332 g/mol. The molecule has 0 radical (unpaired) electrons. The van der Waals surface area contributed by atoms with E-state index in [0.29, 0.717) is 30.3 Å². The zero-order valence-corrected chi connectivity index (χ0v) is 14.5. The predicted molar refractivity (Wildman–Crippen MR) is 86.8 cm³/mol. The molecule has 7 nitrogen and oxygen atoms in total. The lowest BCUT2D eigenvalue weighted by Crippen LogP contribution is -2.25. The number of hydrogen-bond donors (Lipinski definition) is 0. The molecule has 2 aromatic rings. The van der Waals surface area contributed by atoms with Crippen molar-refractivity contribution in [1.82, 2.24) is 9.29 Å². The number of nitrogens with zero attached hydrogens (tertiary/aromatic N) is 2. The zero-order chi connectivity index (χ0) is 17.3. The first kappa shape index (κ1) is 16.5. The summed E-state index contributed by atoms with van der Waals surface area (Å²) in [6.45, 7) is 0.610. The summed E-state index contributed by atoms with van der Waals surface area (Å²) in [7, 11) is 0.663. The van der Waals surface area contributed by atoms with Crippen molar-refractivity contribution in [3.63, 3.8) is 0 Å². The highest BCUT2D eigenvalue weighted by Gasteiger charge is 2.32. The molecule has 3 rings (SSSR count). The lowest BCUT2D eigenvalue weighted by molar-refractivity contribution is 0.322. The smallest absolute Gasteiger partial charge is 0.243 e. The Bertz CT molecular complexity index is 817. The van der Waals surface area contributed by atoms with E-state index in [2.05, 4.69) is 4.98 Å². The summed E-state index contributed by atoms with van der Waals surface area (Å²) in [5, 5.41) is 0. The Morgan fingerprint density at radius 2 is 1.62 bits per heavy atom. The van der Waals surface area contributed by atoms with E-state index in [1.165, 1.54) is 37.8 Å². The Hall–Kier alpha value is -2.32. The standard InChI is InChI=1S/C16H18N2O5S/c1-21-14-6-13(7-15(22-2)16(14)23-3)24(19,20)18-9-11-4-5-17-8-12(11)10-18/h4-8H,9-10H2,1-3H3. The van der Waals surface area contributed by atoms with E-state index < -0.39 is 10.0 Å². The van der Waals surface area contributed by atoms with E-state index in [9.17, 15) is 8.42 Å². The van der Waals surface area contributed by atoms with Gasteiger partial charge in [0.2, 0.25) is 15.8 Å². The van der Waals surface area contributed by atoms with Gasteiger partial charge in [0, 0.05) is 37.6 Å². The van der Waals surface area contributed by atoms with Crippen molar-refractivity contribution >= 4 is 10.0 Å². The first-order valence-electron chi connectivity index (χ1n) is 7.23. The van der Waals surface area contributed by atoms with Gasteiger partial charge in [0.25, 0.3) is 0 Å². The summed E-state index contributed by atoms with van der Waals surface area (Å²) in [6, 6.07) is 4.72. The molecule has 0 spiro atoms. The number of methoxy groups -OCH3 is 3. The Balaban J connectivity index is 2.02. The van der Waals surface area contributed by atoms with Crippen LogP contribution in [0, 0.1) is 0 Å². The van der Waals surface area contributed by atoms with Crippen molar-refractivity contribution < 1.29 is 22.6 Å². The quantitative estimate of drug-likeness (QED) is 0.818. The van der Waals surface area contributed by atoms with Crippen LogP contribution in [-0.4, -0.2) is 39.0 Å². The van der Waals surface area contributed by atoms with Crippen LogP contribution in [0.25, 0.3) is 0 Å². The second kappa shape index (κ2) is 6.29. The van der Waals surface area contributed by atoms with Crippen molar-refractivity contribution in [1.29, 1.82) is 0 Å². The van der Waals surface area contributed by atoms with Gasteiger partial charge in [-0.1, -0.05) is 0 Å². The maximum absolute atomic E-state index is 13.0. The Morgan fingerprint density at radius 1 is 1.00 bits per heavy atom. The fourth-order valence-electron chi connectivity index (χ4n) is 2.71. The van der Waals surface area contributed by atoms with Crippen LogP contribution < -0.4 is 14.2 Å². The van der Waals surface area contributed by atoms with Gasteiger partial charge in [0.05, 0.1) is 26.2 Å².